The zero-order chi connectivity index (χ0) is 37.3. The van der Waals surface area contributed by atoms with Crippen LogP contribution in [0.2, 0.25) is 0 Å². The Bertz CT molecular complexity index is 1310. The number of ether oxygens (including phenoxy) is 1. The molecule has 0 aliphatic rings. The van der Waals surface area contributed by atoms with E-state index in [9.17, 15) is 44.1 Å². The van der Waals surface area contributed by atoms with E-state index < -0.39 is 84.5 Å². The number of carbonyl (C=O) groups excluding carboxylic acids is 5. The molecule has 5 atom stereocenters. The highest BCUT2D eigenvalue weighted by Crippen LogP contribution is 2.14. The summed E-state index contributed by atoms with van der Waals surface area (Å²) in [6, 6.07) is 0.757. The number of rotatable bonds is 19. The molecule has 1 aromatic rings. The molecule has 1 aromatic carbocycles. The van der Waals surface area contributed by atoms with Crippen LogP contribution in [0.1, 0.15) is 59.4 Å². The molecule has 49 heavy (non-hydrogen) atoms. The molecule has 0 aliphatic carbocycles. The van der Waals surface area contributed by atoms with Gasteiger partial charge in [-0.25, -0.2) is 9.59 Å². The molecular formula is C31H50N8O10. The maximum atomic E-state index is 13.5. The van der Waals surface area contributed by atoms with E-state index in [0.29, 0.717) is 12.0 Å². The first kappa shape index (κ1) is 41.9. The number of nitrogens with zero attached hydrogens (tertiary/aromatic N) is 1. The summed E-state index contributed by atoms with van der Waals surface area (Å²) in [6.45, 7) is 7.05. The number of aromatic hydroxyl groups is 1. The van der Waals surface area contributed by atoms with E-state index in [0.717, 1.165) is 0 Å². The molecule has 274 valence electrons. The number of nitrogens with one attached hydrogen (secondary N) is 5. The smallest absolute Gasteiger partial charge is 0.408 e. The second-order valence-electron chi connectivity index (χ2n) is 12.3. The van der Waals surface area contributed by atoms with Crippen LogP contribution in [0.5, 0.6) is 5.75 Å². The van der Waals surface area contributed by atoms with Gasteiger partial charge in [0.05, 0.1) is 13.2 Å². The van der Waals surface area contributed by atoms with Gasteiger partial charge in [0.1, 0.15) is 35.5 Å². The topological polar surface area (TPSA) is 297 Å². The number of carboxylic acids is 1. The summed E-state index contributed by atoms with van der Waals surface area (Å²) in [5.74, 6) is -5.26. The van der Waals surface area contributed by atoms with Crippen molar-refractivity contribution in [2.24, 2.45) is 22.4 Å². The lowest BCUT2D eigenvalue weighted by Crippen LogP contribution is -2.58. The van der Waals surface area contributed by atoms with E-state index in [4.69, 9.17) is 16.2 Å². The van der Waals surface area contributed by atoms with Crippen LogP contribution in [-0.2, 0) is 35.1 Å². The van der Waals surface area contributed by atoms with Crippen LogP contribution < -0.4 is 38.1 Å². The van der Waals surface area contributed by atoms with Gasteiger partial charge in [0.15, 0.2) is 5.96 Å². The van der Waals surface area contributed by atoms with Crippen molar-refractivity contribution in [1.82, 2.24) is 26.6 Å². The molecule has 0 saturated carbocycles. The van der Waals surface area contributed by atoms with Crippen molar-refractivity contribution in [2.45, 2.75) is 90.1 Å². The SMILES string of the molecule is CC[C@H](C)[C@H](NC(=O)[C@H](Cc1ccc(O)cc1)NC(=O)OC(C)(C)C)C(=O)NCC(=O)N[C@@H](CO)C(=O)N[C@@H](CCCN=C(N)N)C(=O)O. The average Bonchev–Trinajstić information content (AvgIpc) is 3.01. The molecule has 0 radical (unpaired) electrons. The quantitative estimate of drug-likeness (QED) is 0.0453. The van der Waals surface area contributed by atoms with Crippen LogP contribution in [0.15, 0.2) is 29.3 Å². The van der Waals surface area contributed by atoms with Gasteiger partial charge in [-0.2, -0.15) is 0 Å². The molecular weight excluding hydrogens is 644 g/mol. The highest BCUT2D eigenvalue weighted by Gasteiger charge is 2.32. The third kappa shape index (κ3) is 16.5. The number of alkyl carbamates (subject to hydrolysis) is 1. The molecule has 18 nitrogen and oxygen atoms in total. The zero-order valence-corrected chi connectivity index (χ0v) is 28.4. The van der Waals surface area contributed by atoms with Gasteiger partial charge in [-0.15, -0.1) is 0 Å². The molecule has 18 heteroatoms. The molecule has 0 aromatic heterocycles. The number of phenolic OH excluding ortho intramolecular Hbond substituents is 1. The van der Waals surface area contributed by atoms with Gasteiger partial charge in [-0.05, 0) is 57.2 Å². The van der Waals surface area contributed by atoms with Crippen molar-refractivity contribution in [3.05, 3.63) is 29.8 Å². The van der Waals surface area contributed by atoms with Crippen LogP contribution in [0.25, 0.3) is 0 Å². The molecule has 0 saturated heterocycles. The number of benzene rings is 1. The van der Waals surface area contributed by atoms with Crippen LogP contribution in [0, 0.1) is 5.92 Å². The van der Waals surface area contributed by atoms with Crippen molar-refractivity contribution >= 4 is 41.7 Å². The Hall–Kier alpha value is -5.13. The number of hydrogen-bond donors (Lipinski definition) is 10. The Balaban J connectivity index is 2.94. The van der Waals surface area contributed by atoms with Crippen LogP contribution in [0.3, 0.4) is 0 Å². The van der Waals surface area contributed by atoms with Gasteiger partial charge in [0.2, 0.25) is 23.6 Å². The summed E-state index contributed by atoms with van der Waals surface area (Å²) in [6.07, 6.45) is -0.246. The first-order chi connectivity index (χ1) is 22.9. The van der Waals surface area contributed by atoms with Crippen molar-refractivity contribution in [3.63, 3.8) is 0 Å². The Kier molecular flexibility index (Phi) is 17.3. The number of aliphatic imine (C=N–C) groups is 1. The van der Waals surface area contributed by atoms with Crippen LogP contribution >= 0.6 is 0 Å². The van der Waals surface area contributed by atoms with Crippen molar-refractivity contribution in [1.29, 1.82) is 0 Å². The minimum atomic E-state index is -1.53. The van der Waals surface area contributed by atoms with E-state index in [2.05, 4.69) is 31.6 Å². The second kappa shape index (κ2) is 20.3. The Morgan fingerprint density at radius 1 is 0.898 bits per heavy atom. The summed E-state index contributed by atoms with van der Waals surface area (Å²) < 4.78 is 5.30. The van der Waals surface area contributed by atoms with E-state index >= 15 is 0 Å². The van der Waals surface area contributed by atoms with Gasteiger partial charge >= 0.3 is 12.1 Å². The van der Waals surface area contributed by atoms with Crippen molar-refractivity contribution < 1.29 is 48.8 Å². The zero-order valence-electron chi connectivity index (χ0n) is 28.4. The minimum Gasteiger partial charge on any atom is -0.508 e. The summed E-state index contributed by atoms with van der Waals surface area (Å²) in [4.78, 5) is 79.9. The Morgan fingerprint density at radius 2 is 1.51 bits per heavy atom. The molecule has 0 aliphatic heterocycles. The van der Waals surface area contributed by atoms with Crippen LogP contribution in [0.4, 0.5) is 4.79 Å². The highest BCUT2D eigenvalue weighted by atomic mass is 16.6. The number of aliphatic carboxylic acids is 1. The summed E-state index contributed by atoms with van der Waals surface area (Å²) >= 11 is 0. The third-order valence-corrected chi connectivity index (χ3v) is 6.99. The maximum Gasteiger partial charge on any atom is 0.408 e. The first-order valence-electron chi connectivity index (χ1n) is 15.7. The molecule has 1 rings (SSSR count). The maximum absolute atomic E-state index is 13.5. The Morgan fingerprint density at radius 3 is 2.04 bits per heavy atom. The lowest BCUT2D eigenvalue weighted by molar-refractivity contribution is -0.142. The Labute approximate surface area is 284 Å². The molecule has 12 N–H and O–H groups in total. The number of carbonyl (C=O) groups is 6. The van der Waals surface area contributed by atoms with E-state index in [1.165, 1.54) is 12.1 Å². The first-order valence-corrected chi connectivity index (χ1v) is 15.7. The number of carboxylic acid groups (broad SMARTS) is 1. The summed E-state index contributed by atoms with van der Waals surface area (Å²) in [7, 11) is 0. The van der Waals surface area contributed by atoms with Crippen LogP contribution in [-0.4, -0.2) is 106 Å². The van der Waals surface area contributed by atoms with E-state index in [-0.39, 0.29) is 37.5 Å². The largest absolute Gasteiger partial charge is 0.508 e. The van der Waals surface area contributed by atoms with Gasteiger partial charge < -0.3 is 58.1 Å². The van der Waals surface area contributed by atoms with Gasteiger partial charge in [-0.1, -0.05) is 32.4 Å². The predicted molar refractivity (Wildman–Crippen MR) is 178 cm³/mol. The number of phenols is 1. The van der Waals surface area contributed by atoms with Crippen molar-refractivity contribution in [2.75, 3.05) is 19.7 Å². The molecule has 0 fully saturated rings. The van der Waals surface area contributed by atoms with E-state index in [1.807, 2.05) is 0 Å². The summed E-state index contributed by atoms with van der Waals surface area (Å²) in [5, 5.41) is 40.8. The molecule has 0 spiro atoms. The fraction of sp³-hybridized carbons (Fsp3) is 0.581. The highest BCUT2D eigenvalue weighted by molar-refractivity contribution is 5.94. The number of aliphatic hydroxyl groups excluding tert-OH is 1. The molecule has 0 unspecified atom stereocenters. The van der Waals surface area contributed by atoms with Crippen molar-refractivity contribution in [3.8, 4) is 5.75 Å². The lowest BCUT2D eigenvalue weighted by atomic mass is 9.97. The van der Waals surface area contributed by atoms with Gasteiger partial charge in [-0.3, -0.25) is 24.2 Å². The standard InChI is InChI=1S/C31H50N8O10/c1-6-17(2)24(39-25(43)21(38-30(48)49-31(3,4)5)14-18-9-11-19(41)12-10-18)27(45)35-15-23(42)36-22(16-40)26(44)37-20(28(46)47)8-7-13-34-29(32)33/h9-12,17,20-22,24,40-41H,6-8,13-16H2,1-5H3,(H,35,45)(H,36,42)(H,37,44)(H,38,48)(H,39,43)(H,46,47)(H4,32,33,34)/t17-,20-,21-,22-,24-/m0/s1. The minimum absolute atomic E-state index is 0.00772. The van der Waals surface area contributed by atoms with Gasteiger partial charge in [0, 0.05) is 13.0 Å². The molecule has 0 bridgehead atoms. The number of aliphatic hydroxyl groups is 1. The number of hydrogen-bond acceptors (Lipinski definition) is 10. The predicted octanol–water partition coefficient (Wildman–Crippen LogP) is -1.42. The summed E-state index contributed by atoms with van der Waals surface area (Å²) in [5.41, 5.74) is 10.2. The number of nitrogens with two attached hydrogens (primary N) is 2. The third-order valence-electron chi connectivity index (χ3n) is 6.99. The molecule has 0 heterocycles. The number of guanidine groups is 1. The molecule has 5 amide bonds. The van der Waals surface area contributed by atoms with Gasteiger partial charge in [0.25, 0.3) is 0 Å². The fourth-order valence-corrected chi connectivity index (χ4v) is 4.23. The number of amides is 5. The second-order valence-corrected chi connectivity index (χ2v) is 12.3. The fourth-order valence-electron chi connectivity index (χ4n) is 4.23. The monoisotopic (exact) mass is 694 g/mol. The lowest BCUT2D eigenvalue weighted by Gasteiger charge is -2.27. The average molecular weight is 695 g/mol. The van der Waals surface area contributed by atoms with E-state index in [1.54, 1.807) is 46.8 Å². The normalized spacial score (nSPS) is 14.1.